The largest absolute Gasteiger partial charge is 0.394 e. The highest BCUT2D eigenvalue weighted by Crippen LogP contribution is 2.19. The molecule has 2 unspecified atom stereocenters. The summed E-state index contributed by atoms with van der Waals surface area (Å²) in [6.07, 6.45) is 0.208. The van der Waals surface area contributed by atoms with E-state index < -0.39 is 0 Å². The summed E-state index contributed by atoms with van der Waals surface area (Å²) >= 11 is 0. The van der Waals surface area contributed by atoms with Gasteiger partial charge in [-0.2, -0.15) is 0 Å². The summed E-state index contributed by atoms with van der Waals surface area (Å²) in [6.45, 7) is 2.30. The summed E-state index contributed by atoms with van der Waals surface area (Å²) in [4.78, 5) is 11.2. The van der Waals surface area contributed by atoms with Gasteiger partial charge in [0, 0.05) is 13.3 Å². The third-order valence-electron chi connectivity index (χ3n) is 3.35. The Bertz CT molecular complexity index is 423. The summed E-state index contributed by atoms with van der Waals surface area (Å²) in [5.74, 6) is -0.102. The number of aliphatic hydroxyl groups excluding tert-OH is 1. The van der Waals surface area contributed by atoms with Crippen LogP contribution in [0.4, 0.5) is 0 Å². The van der Waals surface area contributed by atoms with E-state index in [4.69, 9.17) is 9.47 Å². The smallest absolute Gasteiger partial charge is 0.217 e. The van der Waals surface area contributed by atoms with E-state index in [1.54, 1.807) is 0 Å². The van der Waals surface area contributed by atoms with Crippen molar-refractivity contribution in [1.82, 2.24) is 5.32 Å². The molecule has 0 spiro atoms. The molecule has 110 valence electrons. The van der Waals surface area contributed by atoms with E-state index in [9.17, 15) is 9.90 Å². The fourth-order valence-electron chi connectivity index (χ4n) is 2.32. The Kier molecular flexibility index (Phi) is 5.52. The van der Waals surface area contributed by atoms with Crippen LogP contribution in [0.1, 0.15) is 18.9 Å². The van der Waals surface area contributed by atoms with E-state index in [1.807, 2.05) is 30.3 Å². The molecule has 1 fully saturated rings. The van der Waals surface area contributed by atoms with Crippen molar-refractivity contribution in [2.75, 3.05) is 13.2 Å². The minimum absolute atomic E-state index is 0.0298. The number of aliphatic hydroxyl groups is 1. The van der Waals surface area contributed by atoms with Gasteiger partial charge in [0.25, 0.3) is 0 Å². The Hall–Kier alpha value is -1.43. The Morgan fingerprint density at radius 1 is 1.45 bits per heavy atom. The van der Waals surface area contributed by atoms with Gasteiger partial charge < -0.3 is 19.9 Å². The quantitative estimate of drug-likeness (QED) is 0.839. The number of benzene rings is 1. The molecule has 1 saturated heterocycles. The van der Waals surface area contributed by atoms with Crippen molar-refractivity contribution in [2.45, 2.75) is 38.2 Å². The van der Waals surface area contributed by atoms with Crippen molar-refractivity contribution >= 4 is 5.91 Å². The van der Waals surface area contributed by atoms with Gasteiger partial charge in [0.15, 0.2) is 0 Å². The van der Waals surface area contributed by atoms with E-state index in [1.165, 1.54) is 6.92 Å². The molecule has 1 aliphatic heterocycles. The molecule has 0 radical (unpaired) electrons. The molecular weight excluding hydrogens is 258 g/mol. The Labute approximate surface area is 118 Å². The number of hydrogen-bond donors (Lipinski definition) is 2. The molecule has 1 aromatic rings. The zero-order valence-electron chi connectivity index (χ0n) is 11.6. The second-order valence-electron chi connectivity index (χ2n) is 5.02. The lowest BCUT2D eigenvalue weighted by molar-refractivity contribution is -0.131. The first kappa shape index (κ1) is 15.0. The third kappa shape index (κ3) is 4.30. The predicted molar refractivity (Wildman–Crippen MR) is 74.1 cm³/mol. The van der Waals surface area contributed by atoms with E-state index >= 15 is 0 Å². The van der Waals surface area contributed by atoms with Crippen molar-refractivity contribution in [3.8, 4) is 0 Å². The average Bonchev–Trinajstić information content (AvgIpc) is 2.47. The first-order valence-corrected chi connectivity index (χ1v) is 6.84. The lowest BCUT2D eigenvalue weighted by Crippen LogP contribution is -2.52. The molecule has 0 aliphatic carbocycles. The Morgan fingerprint density at radius 3 is 2.85 bits per heavy atom. The molecule has 1 heterocycles. The first-order valence-electron chi connectivity index (χ1n) is 6.84. The number of carbonyl (C=O) groups excluding carboxylic acids is 1. The van der Waals surface area contributed by atoms with Crippen molar-refractivity contribution in [3.63, 3.8) is 0 Å². The Balaban J connectivity index is 1.94. The maximum atomic E-state index is 11.2. The summed E-state index contributed by atoms with van der Waals surface area (Å²) < 4.78 is 11.4. The second-order valence-corrected chi connectivity index (χ2v) is 5.02. The van der Waals surface area contributed by atoms with Crippen molar-refractivity contribution in [1.29, 1.82) is 0 Å². The number of rotatable bonds is 5. The minimum Gasteiger partial charge on any atom is -0.394 e. The summed E-state index contributed by atoms with van der Waals surface area (Å²) in [6, 6.07) is 9.71. The normalized spacial score (nSPS) is 26.2. The van der Waals surface area contributed by atoms with Crippen molar-refractivity contribution in [3.05, 3.63) is 35.9 Å². The predicted octanol–water partition coefficient (Wildman–Crippen LogP) is 0.858. The average molecular weight is 279 g/mol. The molecule has 1 aromatic carbocycles. The molecule has 0 saturated carbocycles. The molecule has 5 heteroatoms. The van der Waals surface area contributed by atoms with Crippen LogP contribution in [0, 0.1) is 0 Å². The van der Waals surface area contributed by atoms with Gasteiger partial charge in [-0.1, -0.05) is 30.3 Å². The molecule has 0 bridgehead atoms. The molecule has 1 aliphatic rings. The fraction of sp³-hybridized carbons (Fsp3) is 0.533. The van der Waals surface area contributed by atoms with Gasteiger partial charge in [0.2, 0.25) is 5.91 Å². The van der Waals surface area contributed by atoms with Crippen LogP contribution >= 0.6 is 0 Å². The van der Waals surface area contributed by atoms with Crippen LogP contribution in [-0.4, -0.2) is 42.5 Å². The molecular formula is C15H21NO4. The standard InChI is InChI=1S/C15H21NO4/c1-11(18)16-14-10-19-13(8-17)7-15(14)20-9-12-5-3-2-4-6-12/h2-6,13-15,17H,7-10H2,1H3,(H,16,18)/t13?,14?,15-/m1/s1. The summed E-state index contributed by atoms with van der Waals surface area (Å²) in [5.41, 5.74) is 1.08. The molecule has 2 N–H and O–H groups in total. The Morgan fingerprint density at radius 2 is 2.20 bits per heavy atom. The van der Waals surface area contributed by atoms with E-state index in [-0.39, 0.29) is 30.8 Å². The molecule has 5 nitrogen and oxygen atoms in total. The molecule has 1 amide bonds. The van der Waals surface area contributed by atoms with Crippen LogP contribution in [0.3, 0.4) is 0 Å². The number of carbonyl (C=O) groups is 1. The van der Waals surface area contributed by atoms with Gasteiger partial charge in [-0.15, -0.1) is 0 Å². The minimum atomic E-state index is -0.221. The molecule has 2 rings (SSSR count). The highest BCUT2D eigenvalue weighted by atomic mass is 16.5. The van der Waals surface area contributed by atoms with Crippen LogP contribution in [0.2, 0.25) is 0 Å². The topological polar surface area (TPSA) is 67.8 Å². The monoisotopic (exact) mass is 279 g/mol. The van der Waals surface area contributed by atoms with Gasteiger partial charge in [-0.3, -0.25) is 4.79 Å². The number of nitrogens with one attached hydrogen (secondary N) is 1. The van der Waals surface area contributed by atoms with Gasteiger partial charge in [0.1, 0.15) is 0 Å². The zero-order chi connectivity index (χ0) is 14.4. The number of hydrogen-bond acceptors (Lipinski definition) is 4. The van der Waals surface area contributed by atoms with Gasteiger partial charge in [-0.25, -0.2) is 0 Å². The van der Waals surface area contributed by atoms with E-state index in [0.717, 1.165) is 5.56 Å². The summed E-state index contributed by atoms with van der Waals surface area (Å²) in [5, 5.41) is 12.0. The summed E-state index contributed by atoms with van der Waals surface area (Å²) in [7, 11) is 0. The lowest BCUT2D eigenvalue weighted by Gasteiger charge is -2.35. The molecule has 3 atom stereocenters. The number of amides is 1. The third-order valence-corrected chi connectivity index (χ3v) is 3.35. The lowest BCUT2D eigenvalue weighted by atomic mass is 10.0. The highest BCUT2D eigenvalue weighted by molar-refractivity contribution is 5.73. The first-order chi connectivity index (χ1) is 9.69. The second kappa shape index (κ2) is 7.38. The number of ether oxygens (including phenoxy) is 2. The van der Waals surface area contributed by atoms with E-state index in [2.05, 4.69) is 5.32 Å². The SMILES string of the molecule is CC(=O)NC1COC(CO)C[C@H]1OCc1ccccc1. The van der Waals surface area contributed by atoms with Gasteiger partial charge in [-0.05, 0) is 5.56 Å². The van der Waals surface area contributed by atoms with Gasteiger partial charge >= 0.3 is 0 Å². The molecule has 0 aromatic heterocycles. The maximum Gasteiger partial charge on any atom is 0.217 e. The van der Waals surface area contributed by atoms with Crippen LogP contribution in [-0.2, 0) is 20.9 Å². The van der Waals surface area contributed by atoms with Crippen LogP contribution in [0.15, 0.2) is 30.3 Å². The highest BCUT2D eigenvalue weighted by Gasteiger charge is 2.32. The zero-order valence-corrected chi connectivity index (χ0v) is 11.6. The maximum absolute atomic E-state index is 11.2. The van der Waals surface area contributed by atoms with Crippen LogP contribution in [0.5, 0.6) is 0 Å². The van der Waals surface area contributed by atoms with Crippen LogP contribution in [0.25, 0.3) is 0 Å². The van der Waals surface area contributed by atoms with Crippen molar-refractivity contribution < 1.29 is 19.4 Å². The molecule has 20 heavy (non-hydrogen) atoms. The van der Waals surface area contributed by atoms with Gasteiger partial charge in [0.05, 0.1) is 38.1 Å². The van der Waals surface area contributed by atoms with Crippen molar-refractivity contribution in [2.24, 2.45) is 0 Å². The van der Waals surface area contributed by atoms with Crippen LogP contribution < -0.4 is 5.32 Å². The fourth-order valence-corrected chi connectivity index (χ4v) is 2.32. The van der Waals surface area contributed by atoms with E-state index in [0.29, 0.717) is 19.6 Å².